The summed E-state index contributed by atoms with van der Waals surface area (Å²) in [6.45, 7) is 0. The van der Waals surface area contributed by atoms with E-state index in [0.29, 0.717) is 17.5 Å². The molecule has 4 nitrogen and oxygen atoms in total. The van der Waals surface area contributed by atoms with Gasteiger partial charge in [0.05, 0.1) is 0 Å². The first kappa shape index (κ1) is 25.4. The van der Waals surface area contributed by atoms with Crippen LogP contribution in [0.25, 0.3) is 88.8 Å². The first-order valence-electron chi connectivity index (χ1n) is 15.0. The highest BCUT2D eigenvalue weighted by atomic mass is 16.3. The van der Waals surface area contributed by atoms with Gasteiger partial charge in [0.15, 0.2) is 17.5 Å². The number of furan rings is 1. The van der Waals surface area contributed by atoms with Gasteiger partial charge in [0, 0.05) is 27.5 Å². The maximum absolute atomic E-state index is 6.34. The van der Waals surface area contributed by atoms with Crippen molar-refractivity contribution in [3.8, 4) is 45.3 Å². The van der Waals surface area contributed by atoms with Crippen molar-refractivity contribution in [2.75, 3.05) is 0 Å². The van der Waals surface area contributed by atoms with Gasteiger partial charge in [-0.25, -0.2) is 15.0 Å². The van der Waals surface area contributed by atoms with Gasteiger partial charge in [0.1, 0.15) is 11.2 Å². The van der Waals surface area contributed by atoms with Crippen molar-refractivity contribution in [3.05, 3.63) is 152 Å². The summed E-state index contributed by atoms with van der Waals surface area (Å²) < 4.78 is 6.34. The lowest BCUT2D eigenvalue weighted by Gasteiger charge is -2.09. The van der Waals surface area contributed by atoms with E-state index in [4.69, 9.17) is 19.4 Å². The van der Waals surface area contributed by atoms with Gasteiger partial charge in [0.2, 0.25) is 0 Å². The van der Waals surface area contributed by atoms with Gasteiger partial charge in [-0.15, -0.1) is 0 Å². The average molecular weight is 576 g/mol. The second-order valence-electron chi connectivity index (χ2n) is 11.3. The predicted molar refractivity (Wildman–Crippen MR) is 184 cm³/mol. The molecule has 9 rings (SSSR count). The van der Waals surface area contributed by atoms with Crippen LogP contribution in [0.2, 0.25) is 0 Å². The molecule has 0 aliphatic rings. The zero-order valence-corrected chi connectivity index (χ0v) is 24.2. The topological polar surface area (TPSA) is 51.8 Å². The lowest BCUT2D eigenvalue weighted by atomic mass is 9.99. The molecule has 0 saturated carbocycles. The van der Waals surface area contributed by atoms with E-state index in [1.165, 1.54) is 21.9 Å². The summed E-state index contributed by atoms with van der Waals surface area (Å²) in [5.41, 5.74) is 6.88. The van der Waals surface area contributed by atoms with Crippen LogP contribution < -0.4 is 0 Å². The van der Waals surface area contributed by atoms with Crippen molar-refractivity contribution in [2.45, 2.75) is 0 Å². The van der Waals surface area contributed by atoms with Crippen molar-refractivity contribution in [3.63, 3.8) is 0 Å². The normalized spacial score (nSPS) is 11.6. The van der Waals surface area contributed by atoms with Gasteiger partial charge < -0.3 is 4.42 Å². The Labute approximate surface area is 259 Å². The minimum atomic E-state index is 0.621. The third kappa shape index (κ3) is 4.52. The van der Waals surface area contributed by atoms with Crippen LogP contribution in [0.4, 0.5) is 0 Å². The molecule has 9 aromatic rings. The van der Waals surface area contributed by atoms with E-state index in [1.807, 2.05) is 48.5 Å². The second kappa shape index (κ2) is 10.2. The van der Waals surface area contributed by atoms with Crippen LogP contribution >= 0.6 is 0 Å². The van der Waals surface area contributed by atoms with Crippen LogP contribution in [-0.4, -0.2) is 15.0 Å². The number of hydrogen-bond donors (Lipinski definition) is 0. The molecule has 0 N–H and O–H groups in total. The van der Waals surface area contributed by atoms with Gasteiger partial charge in [-0.3, -0.25) is 0 Å². The van der Waals surface area contributed by atoms with E-state index < -0.39 is 0 Å². The molecular formula is C41H25N3O. The van der Waals surface area contributed by atoms with Crippen molar-refractivity contribution in [1.82, 2.24) is 15.0 Å². The zero-order chi connectivity index (χ0) is 29.7. The standard InChI is InChI=1S/C41H25N3O/c1-3-9-26(10-4-1)30-16-17-31-25-38-36(24-34(31)22-30)35-23-33(19-20-37(35)45-38)41-43-39(28-12-5-2-6-13-28)42-40(44-41)32-18-15-27-11-7-8-14-29(27)21-32/h1-25H. The van der Waals surface area contributed by atoms with E-state index in [0.717, 1.165) is 49.4 Å². The third-order valence-corrected chi connectivity index (χ3v) is 8.47. The molecule has 7 aromatic carbocycles. The molecule has 2 heterocycles. The second-order valence-corrected chi connectivity index (χ2v) is 11.3. The summed E-state index contributed by atoms with van der Waals surface area (Å²) in [5.74, 6) is 1.90. The molecule has 0 saturated heterocycles. The van der Waals surface area contributed by atoms with Crippen molar-refractivity contribution in [2.24, 2.45) is 0 Å². The van der Waals surface area contributed by atoms with Crippen LogP contribution in [0.3, 0.4) is 0 Å². The highest BCUT2D eigenvalue weighted by Gasteiger charge is 2.15. The molecule has 4 heteroatoms. The summed E-state index contributed by atoms with van der Waals surface area (Å²) in [7, 11) is 0. The number of aromatic nitrogens is 3. The zero-order valence-electron chi connectivity index (χ0n) is 24.2. The molecule has 0 amide bonds. The summed E-state index contributed by atoms with van der Waals surface area (Å²) in [6.07, 6.45) is 0. The maximum atomic E-state index is 6.34. The number of rotatable bonds is 4. The van der Waals surface area contributed by atoms with Gasteiger partial charge in [-0.1, -0.05) is 109 Å². The molecule has 0 atom stereocenters. The predicted octanol–water partition coefficient (Wildman–Crippen LogP) is 10.7. The van der Waals surface area contributed by atoms with Gasteiger partial charge in [-0.05, 0) is 75.1 Å². The lowest BCUT2D eigenvalue weighted by Crippen LogP contribution is -2.00. The maximum Gasteiger partial charge on any atom is 0.164 e. The average Bonchev–Trinajstić information content (AvgIpc) is 3.47. The van der Waals surface area contributed by atoms with Crippen LogP contribution in [0.5, 0.6) is 0 Å². The SMILES string of the molecule is c1ccc(-c2ccc3cc4oc5ccc(-c6nc(-c7ccccc7)nc(-c7ccc8ccccc8c7)n6)cc5c4cc3c2)cc1. The Bertz CT molecular complexity index is 2540. The summed E-state index contributed by atoms with van der Waals surface area (Å²) >= 11 is 0. The Kier molecular flexibility index (Phi) is 5.78. The Morgan fingerprint density at radius 2 is 0.844 bits per heavy atom. The first-order valence-corrected chi connectivity index (χ1v) is 15.0. The van der Waals surface area contributed by atoms with Crippen LogP contribution in [-0.2, 0) is 0 Å². The molecule has 0 aliphatic heterocycles. The quantitative estimate of drug-likeness (QED) is 0.209. The highest BCUT2D eigenvalue weighted by Crippen LogP contribution is 2.36. The number of fused-ring (bicyclic) bond motifs is 5. The molecule has 0 fully saturated rings. The van der Waals surface area contributed by atoms with Gasteiger partial charge in [0.25, 0.3) is 0 Å². The molecule has 0 aliphatic carbocycles. The van der Waals surface area contributed by atoms with Gasteiger partial charge in [-0.2, -0.15) is 0 Å². The molecule has 2 aromatic heterocycles. The van der Waals surface area contributed by atoms with Crippen LogP contribution in [0, 0.1) is 0 Å². The largest absolute Gasteiger partial charge is 0.456 e. The third-order valence-electron chi connectivity index (χ3n) is 8.47. The van der Waals surface area contributed by atoms with Crippen LogP contribution in [0.1, 0.15) is 0 Å². The Morgan fingerprint density at radius 1 is 0.311 bits per heavy atom. The molecule has 0 bridgehead atoms. The fourth-order valence-electron chi connectivity index (χ4n) is 6.15. The molecular weight excluding hydrogens is 550 g/mol. The first-order chi connectivity index (χ1) is 22.2. The smallest absolute Gasteiger partial charge is 0.164 e. The van der Waals surface area contributed by atoms with Crippen molar-refractivity contribution in [1.29, 1.82) is 0 Å². The fourth-order valence-corrected chi connectivity index (χ4v) is 6.15. The molecule has 0 unspecified atom stereocenters. The Balaban J connectivity index is 1.21. The molecule has 0 spiro atoms. The summed E-state index contributed by atoms with van der Waals surface area (Å²) in [5, 5.41) is 6.74. The van der Waals surface area contributed by atoms with E-state index in [2.05, 4.69) is 103 Å². The number of hydrogen-bond acceptors (Lipinski definition) is 4. The highest BCUT2D eigenvalue weighted by molar-refractivity contribution is 6.11. The Hall–Kier alpha value is -6.13. The fraction of sp³-hybridized carbons (Fsp3) is 0. The molecule has 45 heavy (non-hydrogen) atoms. The summed E-state index contributed by atoms with van der Waals surface area (Å²) in [6, 6.07) is 52.4. The monoisotopic (exact) mass is 575 g/mol. The van der Waals surface area contributed by atoms with E-state index in [1.54, 1.807) is 0 Å². The Morgan fingerprint density at radius 3 is 1.62 bits per heavy atom. The number of benzene rings is 7. The van der Waals surface area contributed by atoms with Gasteiger partial charge >= 0.3 is 0 Å². The van der Waals surface area contributed by atoms with E-state index in [-0.39, 0.29) is 0 Å². The van der Waals surface area contributed by atoms with Crippen molar-refractivity contribution >= 4 is 43.5 Å². The molecule has 0 radical (unpaired) electrons. The molecule has 210 valence electrons. The van der Waals surface area contributed by atoms with Crippen LogP contribution in [0.15, 0.2) is 156 Å². The number of nitrogens with zero attached hydrogens (tertiary/aromatic N) is 3. The summed E-state index contributed by atoms with van der Waals surface area (Å²) in [4.78, 5) is 14.9. The van der Waals surface area contributed by atoms with E-state index >= 15 is 0 Å². The van der Waals surface area contributed by atoms with E-state index in [9.17, 15) is 0 Å². The van der Waals surface area contributed by atoms with Crippen molar-refractivity contribution < 1.29 is 4.42 Å². The lowest BCUT2D eigenvalue weighted by molar-refractivity contribution is 0.669. The minimum absolute atomic E-state index is 0.621. The minimum Gasteiger partial charge on any atom is -0.456 e.